The van der Waals surface area contributed by atoms with Gasteiger partial charge in [0.25, 0.3) is 5.91 Å². The summed E-state index contributed by atoms with van der Waals surface area (Å²) >= 11 is 1.33. The van der Waals surface area contributed by atoms with Crippen LogP contribution in [0.2, 0.25) is 0 Å². The van der Waals surface area contributed by atoms with Crippen molar-refractivity contribution in [1.82, 2.24) is 10.6 Å². The van der Waals surface area contributed by atoms with Gasteiger partial charge in [-0.1, -0.05) is 19.9 Å². The van der Waals surface area contributed by atoms with Gasteiger partial charge in [-0.25, -0.2) is 0 Å². The van der Waals surface area contributed by atoms with Crippen LogP contribution >= 0.6 is 11.3 Å². The van der Waals surface area contributed by atoms with Crippen LogP contribution in [-0.4, -0.2) is 35.6 Å². The zero-order valence-electron chi connectivity index (χ0n) is 12.1. The van der Waals surface area contributed by atoms with Crippen LogP contribution in [0.25, 0.3) is 0 Å². The van der Waals surface area contributed by atoms with Crippen molar-refractivity contribution in [1.29, 1.82) is 0 Å². The highest BCUT2D eigenvalue weighted by molar-refractivity contribution is 7.12. The lowest BCUT2D eigenvalue weighted by molar-refractivity contribution is -0.122. The molecule has 112 valence electrons. The van der Waals surface area contributed by atoms with Crippen molar-refractivity contribution in [2.45, 2.75) is 39.3 Å². The van der Waals surface area contributed by atoms with E-state index >= 15 is 0 Å². The Morgan fingerprint density at radius 3 is 2.60 bits per heavy atom. The van der Waals surface area contributed by atoms with Gasteiger partial charge in [0.15, 0.2) is 0 Å². The molecule has 0 aliphatic heterocycles. The van der Waals surface area contributed by atoms with Gasteiger partial charge < -0.3 is 15.7 Å². The van der Waals surface area contributed by atoms with E-state index in [4.69, 9.17) is 0 Å². The van der Waals surface area contributed by atoms with Gasteiger partial charge in [0.2, 0.25) is 5.91 Å². The summed E-state index contributed by atoms with van der Waals surface area (Å²) in [5.41, 5.74) is 0. The average Bonchev–Trinajstić information content (AvgIpc) is 2.91. The summed E-state index contributed by atoms with van der Waals surface area (Å²) in [6.07, 6.45) is 0.0842. The fraction of sp³-hybridized carbons (Fsp3) is 0.571. The molecule has 0 aliphatic carbocycles. The molecule has 0 saturated carbocycles. The second-order valence-corrected chi connectivity index (χ2v) is 6.01. The number of nitrogens with one attached hydrogen (secondary N) is 2. The van der Waals surface area contributed by atoms with Crippen LogP contribution in [0.4, 0.5) is 0 Å². The van der Waals surface area contributed by atoms with Crippen LogP contribution in [0.1, 0.15) is 36.9 Å². The number of rotatable bonds is 7. The zero-order valence-corrected chi connectivity index (χ0v) is 12.9. The number of aliphatic hydroxyl groups is 1. The predicted octanol–water partition coefficient (Wildman–Crippen LogP) is 1.39. The Bertz CT molecular complexity index is 432. The Morgan fingerprint density at radius 2 is 2.05 bits per heavy atom. The Hall–Kier alpha value is -1.40. The molecule has 2 atom stereocenters. The number of hydrogen-bond donors (Lipinski definition) is 3. The highest BCUT2D eigenvalue weighted by atomic mass is 32.1. The van der Waals surface area contributed by atoms with E-state index in [0.717, 1.165) is 0 Å². The summed E-state index contributed by atoms with van der Waals surface area (Å²) in [5, 5.41) is 16.8. The Labute approximate surface area is 123 Å². The van der Waals surface area contributed by atoms with E-state index in [-0.39, 0.29) is 17.7 Å². The maximum atomic E-state index is 11.8. The molecule has 1 heterocycles. The van der Waals surface area contributed by atoms with Crippen LogP contribution in [0.3, 0.4) is 0 Å². The fourth-order valence-corrected chi connectivity index (χ4v) is 2.20. The van der Waals surface area contributed by atoms with Crippen molar-refractivity contribution >= 4 is 23.2 Å². The molecule has 0 saturated heterocycles. The first kappa shape index (κ1) is 16.7. The molecule has 1 aromatic heterocycles. The molecular formula is C14H22N2O3S. The summed E-state index contributed by atoms with van der Waals surface area (Å²) in [5.74, 6) is -0.321. The van der Waals surface area contributed by atoms with Crippen LogP contribution < -0.4 is 10.6 Å². The molecule has 3 N–H and O–H groups in total. The van der Waals surface area contributed by atoms with Crippen molar-refractivity contribution in [2.75, 3.05) is 6.54 Å². The first-order valence-corrected chi connectivity index (χ1v) is 7.60. The molecule has 6 heteroatoms. The average molecular weight is 298 g/mol. The normalized spacial score (nSPS) is 13.8. The van der Waals surface area contributed by atoms with E-state index in [1.54, 1.807) is 19.1 Å². The number of hydrogen-bond acceptors (Lipinski definition) is 4. The Kier molecular flexibility index (Phi) is 6.67. The molecule has 0 spiro atoms. The summed E-state index contributed by atoms with van der Waals surface area (Å²) in [6.45, 7) is 5.89. The first-order chi connectivity index (χ1) is 9.41. The molecule has 0 bridgehead atoms. The van der Waals surface area contributed by atoms with Crippen molar-refractivity contribution in [3.8, 4) is 0 Å². The molecule has 2 unspecified atom stereocenters. The third kappa shape index (κ3) is 5.30. The van der Waals surface area contributed by atoms with E-state index < -0.39 is 12.1 Å². The number of aliphatic hydroxyl groups excluding tert-OH is 1. The molecule has 0 aromatic carbocycles. The highest BCUT2D eigenvalue weighted by Crippen LogP contribution is 2.08. The second-order valence-electron chi connectivity index (χ2n) is 5.06. The number of thiophene rings is 1. The van der Waals surface area contributed by atoms with Crippen LogP contribution in [0, 0.1) is 5.92 Å². The topological polar surface area (TPSA) is 78.4 Å². The lowest BCUT2D eigenvalue weighted by Crippen LogP contribution is -2.45. The third-order valence-electron chi connectivity index (χ3n) is 2.99. The molecule has 0 fully saturated rings. The van der Waals surface area contributed by atoms with Crippen molar-refractivity contribution in [3.63, 3.8) is 0 Å². The lowest BCUT2D eigenvalue weighted by Gasteiger charge is -2.16. The molecule has 0 radical (unpaired) electrons. The minimum absolute atomic E-state index is 0.169. The van der Waals surface area contributed by atoms with Crippen molar-refractivity contribution in [3.05, 3.63) is 22.4 Å². The molecule has 1 aromatic rings. The van der Waals surface area contributed by atoms with E-state index in [1.165, 1.54) is 11.3 Å². The van der Waals surface area contributed by atoms with Gasteiger partial charge in [0.1, 0.15) is 6.04 Å². The second kappa shape index (κ2) is 8.01. The largest absolute Gasteiger partial charge is 0.393 e. The van der Waals surface area contributed by atoms with Gasteiger partial charge in [0.05, 0.1) is 11.0 Å². The van der Waals surface area contributed by atoms with Gasteiger partial charge in [-0.3, -0.25) is 9.59 Å². The molecule has 0 aliphatic rings. The summed E-state index contributed by atoms with van der Waals surface area (Å²) in [6, 6.07) is 2.90. The van der Waals surface area contributed by atoms with E-state index in [1.807, 2.05) is 19.2 Å². The van der Waals surface area contributed by atoms with Gasteiger partial charge in [-0.2, -0.15) is 0 Å². The number of amides is 2. The van der Waals surface area contributed by atoms with Crippen LogP contribution in [0.15, 0.2) is 17.5 Å². The van der Waals surface area contributed by atoms with E-state index in [9.17, 15) is 14.7 Å². The SMILES string of the molecule is CC(NC(=O)c1cccs1)C(=O)NCCC(O)C(C)C. The molecule has 1 rings (SSSR count). The number of carbonyl (C=O) groups excluding carboxylic acids is 2. The van der Waals surface area contributed by atoms with Gasteiger partial charge in [-0.05, 0) is 30.7 Å². The zero-order chi connectivity index (χ0) is 15.1. The maximum Gasteiger partial charge on any atom is 0.261 e. The van der Waals surface area contributed by atoms with Gasteiger partial charge in [-0.15, -0.1) is 11.3 Å². The molecular weight excluding hydrogens is 276 g/mol. The molecule has 20 heavy (non-hydrogen) atoms. The summed E-state index contributed by atoms with van der Waals surface area (Å²) in [4.78, 5) is 24.1. The molecule has 2 amide bonds. The van der Waals surface area contributed by atoms with E-state index in [2.05, 4.69) is 10.6 Å². The van der Waals surface area contributed by atoms with Crippen molar-refractivity contribution in [2.24, 2.45) is 5.92 Å². The van der Waals surface area contributed by atoms with Gasteiger partial charge >= 0.3 is 0 Å². The van der Waals surface area contributed by atoms with E-state index in [0.29, 0.717) is 17.8 Å². The lowest BCUT2D eigenvalue weighted by atomic mass is 10.0. The number of carbonyl (C=O) groups is 2. The fourth-order valence-electron chi connectivity index (χ4n) is 1.57. The Morgan fingerprint density at radius 1 is 1.35 bits per heavy atom. The standard InChI is InChI=1S/C14H22N2O3S/c1-9(2)11(17)6-7-15-13(18)10(3)16-14(19)12-5-4-8-20-12/h4-5,8-11,17H,6-7H2,1-3H3,(H,15,18)(H,16,19). The molecule has 5 nitrogen and oxygen atoms in total. The van der Waals surface area contributed by atoms with Crippen molar-refractivity contribution < 1.29 is 14.7 Å². The smallest absolute Gasteiger partial charge is 0.261 e. The first-order valence-electron chi connectivity index (χ1n) is 6.72. The van der Waals surface area contributed by atoms with Crippen LogP contribution in [-0.2, 0) is 4.79 Å². The minimum Gasteiger partial charge on any atom is -0.393 e. The monoisotopic (exact) mass is 298 g/mol. The summed E-state index contributed by atoms with van der Waals surface area (Å²) < 4.78 is 0. The van der Waals surface area contributed by atoms with Gasteiger partial charge in [0, 0.05) is 6.54 Å². The highest BCUT2D eigenvalue weighted by Gasteiger charge is 2.17. The quantitative estimate of drug-likeness (QED) is 0.712. The summed E-state index contributed by atoms with van der Waals surface area (Å²) in [7, 11) is 0. The third-order valence-corrected chi connectivity index (χ3v) is 3.86. The predicted molar refractivity (Wildman–Crippen MR) is 79.7 cm³/mol. The Balaban J connectivity index is 2.31. The minimum atomic E-state index is -0.596. The van der Waals surface area contributed by atoms with Crippen LogP contribution in [0.5, 0.6) is 0 Å². The maximum absolute atomic E-state index is 11.8.